The molecule has 120 valence electrons. The highest BCUT2D eigenvalue weighted by atomic mass is 35.5. The van der Waals surface area contributed by atoms with Crippen molar-refractivity contribution in [3.63, 3.8) is 0 Å². The van der Waals surface area contributed by atoms with E-state index in [9.17, 15) is 4.79 Å². The lowest BCUT2D eigenvalue weighted by Crippen LogP contribution is -2.04. The van der Waals surface area contributed by atoms with Crippen molar-refractivity contribution in [1.29, 1.82) is 0 Å². The van der Waals surface area contributed by atoms with Gasteiger partial charge in [-0.2, -0.15) is 0 Å². The molecule has 0 aliphatic rings. The maximum Gasteiger partial charge on any atom is 0.196 e. The molecular weight excluding hydrogens is 322 g/mol. The van der Waals surface area contributed by atoms with Crippen LogP contribution in [-0.2, 0) is 6.61 Å². The van der Waals surface area contributed by atoms with Crippen LogP contribution in [0.1, 0.15) is 27.0 Å². The fraction of sp³-hybridized carbons (Fsp3) is 0.100. The first-order valence-electron chi connectivity index (χ1n) is 7.58. The van der Waals surface area contributed by atoms with Crippen LogP contribution in [0.15, 0.2) is 66.9 Å². The SMILES string of the molecule is Cc1ccccc1COc1cccc(C(=O)c2cccnc2Cl)c1. The lowest BCUT2D eigenvalue weighted by molar-refractivity contribution is 0.103. The van der Waals surface area contributed by atoms with Crippen LogP contribution in [0.5, 0.6) is 5.75 Å². The molecule has 3 rings (SSSR count). The van der Waals surface area contributed by atoms with Crippen molar-refractivity contribution >= 4 is 17.4 Å². The Labute approximate surface area is 145 Å². The summed E-state index contributed by atoms with van der Waals surface area (Å²) in [6.45, 7) is 2.50. The molecule has 0 atom stereocenters. The van der Waals surface area contributed by atoms with Crippen LogP contribution in [0.25, 0.3) is 0 Å². The van der Waals surface area contributed by atoms with Gasteiger partial charge in [0.25, 0.3) is 0 Å². The zero-order valence-corrected chi connectivity index (χ0v) is 14.0. The van der Waals surface area contributed by atoms with Crippen molar-refractivity contribution in [3.05, 3.63) is 94.3 Å². The predicted octanol–water partition coefficient (Wildman–Crippen LogP) is 4.85. The largest absolute Gasteiger partial charge is 0.489 e. The molecule has 3 aromatic rings. The lowest BCUT2D eigenvalue weighted by atomic mass is 10.0. The summed E-state index contributed by atoms with van der Waals surface area (Å²) >= 11 is 6.00. The van der Waals surface area contributed by atoms with E-state index in [-0.39, 0.29) is 10.9 Å². The van der Waals surface area contributed by atoms with Gasteiger partial charge in [0, 0.05) is 11.8 Å². The molecule has 0 unspecified atom stereocenters. The number of halogens is 1. The summed E-state index contributed by atoms with van der Waals surface area (Å²) in [5.74, 6) is 0.471. The molecule has 0 amide bonds. The summed E-state index contributed by atoms with van der Waals surface area (Å²) in [4.78, 5) is 16.5. The summed E-state index contributed by atoms with van der Waals surface area (Å²) in [6, 6.07) is 18.5. The van der Waals surface area contributed by atoms with Crippen LogP contribution in [-0.4, -0.2) is 10.8 Å². The standard InChI is InChI=1S/C20H16ClNO2/c1-14-6-2-3-7-16(14)13-24-17-9-4-8-15(12-17)19(23)18-10-5-11-22-20(18)21/h2-12H,13H2,1H3. The van der Waals surface area contributed by atoms with Crippen molar-refractivity contribution in [1.82, 2.24) is 4.98 Å². The van der Waals surface area contributed by atoms with E-state index >= 15 is 0 Å². The second-order valence-electron chi connectivity index (χ2n) is 5.41. The maximum atomic E-state index is 12.6. The third-order valence-corrected chi connectivity index (χ3v) is 4.06. The second kappa shape index (κ2) is 7.28. The Hall–Kier alpha value is -2.65. The van der Waals surface area contributed by atoms with E-state index in [4.69, 9.17) is 16.3 Å². The summed E-state index contributed by atoms with van der Waals surface area (Å²) in [6.07, 6.45) is 1.56. The summed E-state index contributed by atoms with van der Waals surface area (Å²) in [5.41, 5.74) is 3.19. The smallest absolute Gasteiger partial charge is 0.196 e. The minimum atomic E-state index is -0.172. The molecule has 0 aliphatic heterocycles. The normalized spacial score (nSPS) is 10.4. The van der Waals surface area contributed by atoms with E-state index in [1.807, 2.05) is 37.3 Å². The highest BCUT2D eigenvalue weighted by Crippen LogP contribution is 2.21. The van der Waals surface area contributed by atoms with Crippen molar-refractivity contribution in [2.75, 3.05) is 0 Å². The number of ketones is 1. The molecule has 2 aromatic carbocycles. The van der Waals surface area contributed by atoms with Crippen molar-refractivity contribution in [2.24, 2.45) is 0 Å². The van der Waals surface area contributed by atoms with E-state index in [1.165, 1.54) is 5.56 Å². The van der Waals surface area contributed by atoms with Crippen LogP contribution < -0.4 is 4.74 Å². The molecule has 1 heterocycles. The molecule has 0 bridgehead atoms. The first-order valence-corrected chi connectivity index (χ1v) is 7.95. The zero-order chi connectivity index (χ0) is 16.9. The van der Waals surface area contributed by atoms with Gasteiger partial charge >= 0.3 is 0 Å². The highest BCUT2D eigenvalue weighted by molar-refractivity contribution is 6.33. The van der Waals surface area contributed by atoms with Crippen LogP contribution >= 0.6 is 11.6 Å². The Morgan fingerprint density at radius 3 is 2.71 bits per heavy atom. The molecular formula is C20H16ClNO2. The zero-order valence-electron chi connectivity index (χ0n) is 13.2. The number of aromatic nitrogens is 1. The first-order chi connectivity index (χ1) is 11.6. The molecule has 4 heteroatoms. The maximum absolute atomic E-state index is 12.6. The molecule has 0 aliphatic carbocycles. The number of aryl methyl sites for hydroxylation is 1. The van der Waals surface area contributed by atoms with Gasteiger partial charge in [0.1, 0.15) is 17.5 Å². The Kier molecular flexibility index (Phi) is 4.92. The highest BCUT2D eigenvalue weighted by Gasteiger charge is 2.14. The Morgan fingerprint density at radius 1 is 1.08 bits per heavy atom. The van der Waals surface area contributed by atoms with E-state index in [1.54, 1.807) is 36.5 Å². The number of carbonyl (C=O) groups is 1. The third kappa shape index (κ3) is 3.63. The summed E-state index contributed by atoms with van der Waals surface area (Å²) in [5, 5.41) is 0.203. The number of hydrogen-bond acceptors (Lipinski definition) is 3. The number of benzene rings is 2. The van der Waals surface area contributed by atoms with Crippen LogP contribution in [0.2, 0.25) is 5.15 Å². The third-order valence-electron chi connectivity index (χ3n) is 3.76. The van der Waals surface area contributed by atoms with E-state index in [0.29, 0.717) is 23.5 Å². The molecule has 1 aromatic heterocycles. The van der Waals surface area contributed by atoms with E-state index in [2.05, 4.69) is 4.98 Å². The van der Waals surface area contributed by atoms with Gasteiger partial charge in [-0.15, -0.1) is 0 Å². The van der Waals surface area contributed by atoms with Gasteiger partial charge in [-0.25, -0.2) is 4.98 Å². The van der Waals surface area contributed by atoms with Crippen LogP contribution in [0.4, 0.5) is 0 Å². The fourth-order valence-electron chi connectivity index (χ4n) is 2.37. The number of rotatable bonds is 5. The average molecular weight is 338 g/mol. The number of nitrogens with zero attached hydrogens (tertiary/aromatic N) is 1. The fourth-order valence-corrected chi connectivity index (χ4v) is 2.58. The molecule has 0 saturated heterocycles. The topological polar surface area (TPSA) is 39.2 Å². The molecule has 0 radical (unpaired) electrons. The molecule has 0 saturated carbocycles. The number of ether oxygens (including phenoxy) is 1. The Balaban J connectivity index is 1.78. The molecule has 3 nitrogen and oxygen atoms in total. The predicted molar refractivity (Wildman–Crippen MR) is 94.6 cm³/mol. The molecule has 0 N–H and O–H groups in total. The van der Waals surface area contributed by atoms with Crippen molar-refractivity contribution in [3.8, 4) is 5.75 Å². The van der Waals surface area contributed by atoms with Gasteiger partial charge in [-0.3, -0.25) is 4.79 Å². The minimum absolute atomic E-state index is 0.172. The number of hydrogen-bond donors (Lipinski definition) is 0. The van der Waals surface area contributed by atoms with Gasteiger partial charge < -0.3 is 4.74 Å². The molecule has 24 heavy (non-hydrogen) atoms. The lowest BCUT2D eigenvalue weighted by Gasteiger charge is -2.10. The quantitative estimate of drug-likeness (QED) is 0.493. The molecule has 0 spiro atoms. The van der Waals surface area contributed by atoms with Crippen LogP contribution in [0, 0.1) is 6.92 Å². The Morgan fingerprint density at radius 2 is 1.92 bits per heavy atom. The number of pyridine rings is 1. The van der Waals surface area contributed by atoms with Gasteiger partial charge in [-0.1, -0.05) is 48.0 Å². The van der Waals surface area contributed by atoms with Gasteiger partial charge in [0.2, 0.25) is 0 Å². The van der Waals surface area contributed by atoms with Crippen molar-refractivity contribution < 1.29 is 9.53 Å². The van der Waals surface area contributed by atoms with E-state index in [0.717, 1.165) is 5.56 Å². The van der Waals surface area contributed by atoms with Gasteiger partial charge in [-0.05, 0) is 42.3 Å². The summed E-state index contributed by atoms with van der Waals surface area (Å²) < 4.78 is 5.83. The first kappa shape index (κ1) is 16.2. The van der Waals surface area contributed by atoms with Crippen molar-refractivity contribution in [2.45, 2.75) is 13.5 Å². The van der Waals surface area contributed by atoms with Crippen LogP contribution in [0.3, 0.4) is 0 Å². The van der Waals surface area contributed by atoms with Gasteiger partial charge in [0.05, 0.1) is 5.56 Å². The number of carbonyl (C=O) groups excluding carboxylic acids is 1. The monoisotopic (exact) mass is 337 g/mol. The minimum Gasteiger partial charge on any atom is -0.489 e. The average Bonchev–Trinajstić information content (AvgIpc) is 2.61. The van der Waals surface area contributed by atoms with Gasteiger partial charge in [0.15, 0.2) is 5.78 Å². The molecule has 0 fully saturated rings. The second-order valence-corrected chi connectivity index (χ2v) is 5.77. The summed E-state index contributed by atoms with van der Waals surface area (Å²) in [7, 11) is 0. The van der Waals surface area contributed by atoms with E-state index < -0.39 is 0 Å². The Bertz CT molecular complexity index is 877.